The predicted octanol–water partition coefficient (Wildman–Crippen LogP) is 3.57. The average Bonchev–Trinajstić information content (AvgIpc) is 3.63. The number of hydrogen-bond acceptors (Lipinski definition) is 10. The number of rotatable bonds is 7. The van der Waals surface area contributed by atoms with Crippen LogP contribution in [0.4, 0.5) is 18.9 Å². The van der Waals surface area contributed by atoms with Crippen LogP contribution in [0.15, 0.2) is 51.9 Å². The van der Waals surface area contributed by atoms with Crippen LogP contribution < -0.4 is 9.04 Å². The van der Waals surface area contributed by atoms with Crippen molar-refractivity contribution in [1.29, 1.82) is 0 Å². The molecule has 1 fully saturated rings. The molecule has 246 valence electrons. The van der Waals surface area contributed by atoms with Crippen LogP contribution in [0.2, 0.25) is 5.02 Å². The lowest BCUT2D eigenvalue weighted by Gasteiger charge is -2.42. The summed E-state index contributed by atoms with van der Waals surface area (Å²) < 4.78 is 84.6. The van der Waals surface area contributed by atoms with Crippen molar-refractivity contribution in [2.45, 2.75) is 49.0 Å². The summed E-state index contributed by atoms with van der Waals surface area (Å²) in [6, 6.07) is 8.74. The zero-order valence-electron chi connectivity index (χ0n) is 25.1. The van der Waals surface area contributed by atoms with Crippen molar-refractivity contribution in [2.24, 2.45) is 0 Å². The molecule has 0 radical (unpaired) electrons. The van der Waals surface area contributed by atoms with Gasteiger partial charge in [0.1, 0.15) is 17.5 Å². The first kappa shape index (κ1) is 33.2. The first-order valence-electron chi connectivity index (χ1n) is 13.7. The van der Waals surface area contributed by atoms with Gasteiger partial charge in [-0.3, -0.25) is 14.5 Å². The fraction of sp³-hybridized carbons (Fsp3) is 0.379. The molecule has 1 saturated heterocycles. The zero-order valence-corrected chi connectivity index (χ0v) is 26.7. The molecule has 0 spiro atoms. The maximum Gasteiger partial charge on any atom is 0.490 e. The Morgan fingerprint density at radius 2 is 1.80 bits per heavy atom. The van der Waals surface area contributed by atoms with E-state index < -0.39 is 64.6 Å². The van der Waals surface area contributed by atoms with Gasteiger partial charge in [-0.1, -0.05) is 35.0 Å². The molecular weight excluding hydrogens is 657 g/mol. The van der Waals surface area contributed by atoms with E-state index in [4.69, 9.17) is 25.6 Å². The number of likely N-dealkylation sites (N-methyl/N-ethyl adjacent to an activating group) is 1. The number of ether oxygens (including phenoxy) is 2. The second kappa shape index (κ2) is 11.6. The minimum Gasteiger partial charge on any atom is -0.496 e. The molecular formula is C29H28ClF3N4O8S. The number of benzene rings is 2. The molecule has 2 amide bonds. The number of amides is 2. The fourth-order valence-electron chi connectivity index (χ4n) is 6.16. The highest BCUT2D eigenvalue weighted by Gasteiger charge is 2.65. The number of para-hydroxylation sites is 1. The van der Waals surface area contributed by atoms with Crippen LogP contribution in [0.25, 0.3) is 0 Å². The molecule has 2 aromatic carbocycles. The maximum absolute atomic E-state index is 15.2. The second-order valence-electron chi connectivity index (χ2n) is 11.0. The molecule has 3 aromatic rings. The Morgan fingerprint density at radius 3 is 2.39 bits per heavy atom. The number of aromatic nitrogens is 1. The molecule has 3 atom stereocenters. The molecule has 12 nitrogen and oxygen atoms in total. The topological polar surface area (TPSA) is 140 Å². The van der Waals surface area contributed by atoms with E-state index in [1.54, 1.807) is 12.1 Å². The molecule has 2 aliphatic heterocycles. The van der Waals surface area contributed by atoms with Crippen LogP contribution >= 0.6 is 11.6 Å². The molecule has 1 unspecified atom stereocenters. The number of likely N-dealkylation sites (tertiary alicyclic amines) is 1. The quantitative estimate of drug-likeness (QED) is 0.340. The number of methoxy groups -OCH3 is 1. The molecule has 46 heavy (non-hydrogen) atoms. The van der Waals surface area contributed by atoms with Crippen molar-refractivity contribution in [1.82, 2.24) is 15.0 Å². The summed E-state index contributed by atoms with van der Waals surface area (Å²) in [6.45, 7) is 2.16. The maximum atomic E-state index is 15.2. The normalized spacial score (nSPS) is 21.8. The SMILES string of the molecule is COc1ccccc1C1(N2C[C@H](OC(=O)C(F)(F)F)C[C@H]2C(=O)N(C)C)C(=O)N(S(=O)(=O)c2c(C)noc2C)c2ccc(Cl)cc21. The highest BCUT2D eigenvalue weighted by molar-refractivity contribution is 7.93. The Hall–Kier alpha value is -4.15. The van der Waals surface area contributed by atoms with Gasteiger partial charge in [-0.2, -0.15) is 13.2 Å². The van der Waals surface area contributed by atoms with Crippen LogP contribution in [0.3, 0.4) is 0 Å². The third-order valence-electron chi connectivity index (χ3n) is 7.95. The zero-order chi connectivity index (χ0) is 33.9. The number of nitrogens with zero attached hydrogens (tertiary/aromatic N) is 4. The highest BCUT2D eigenvalue weighted by Crippen LogP contribution is 2.55. The van der Waals surface area contributed by atoms with Crippen molar-refractivity contribution >= 4 is 45.1 Å². The van der Waals surface area contributed by atoms with E-state index in [-0.39, 0.29) is 43.9 Å². The Balaban J connectivity index is 1.84. The number of sulfonamides is 1. The monoisotopic (exact) mass is 684 g/mol. The van der Waals surface area contributed by atoms with Gasteiger partial charge < -0.3 is 18.9 Å². The van der Waals surface area contributed by atoms with E-state index in [9.17, 15) is 31.2 Å². The average molecular weight is 685 g/mol. The fourth-order valence-corrected chi connectivity index (χ4v) is 8.09. The first-order chi connectivity index (χ1) is 21.5. The van der Waals surface area contributed by atoms with Crippen LogP contribution in [-0.2, 0) is 34.7 Å². The number of halogens is 4. The lowest BCUT2D eigenvalue weighted by Crippen LogP contribution is -2.59. The summed E-state index contributed by atoms with van der Waals surface area (Å²) in [5.74, 6) is -4.26. The van der Waals surface area contributed by atoms with E-state index >= 15 is 4.79 Å². The third-order valence-corrected chi connectivity index (χ3v) is 10.1. The van der Waals surface area contributed by atoms with Crippen LogP contribution in [0, 0.1) is 13.8 Å². The molecule has 0 aliphatic carbocycles. The summed E-state index contributed by atoms with van der Waals surface area (Å²) >= 11 is 6.45. The predicted molar refractivity (Wildman–Crippen MR) is 156 cm³/mol. The minimum absolute atomic E-state index is 0.0100. The van der Waals surface area contributed by atoms with E-state index in [1.165, 1.54) is 70.3 Å². The molecule has 0 N–H and O–H groups in total. The molecule has 17 heteroatoms. The lowest BCUT2D eigenvalue weighted by molar-refractivity contribution is -0.204. The number of esters is 1. The summed E-state index contributed by atoms with van der Waals surface area (Å²) in [6.07, 6.45) is -7.31. The Labute approximate surface area is 266 Å². The second-order valence-corrected chi connectivity index (χ2v) is 13.1. The Morgan fingerprint density at radius 1 is 1.13 bits per heavy atom. The van der Waals surface area contributed by atoms with Crippen LogP contribution in [-0.4, -0.2) is 87.2 Å². The number of anilines is 1. The van der Waals surface area contributed by atoms with Gasteiger partial charge >= 0.3 is 12.1 Å². The van der Waals surface area contributed by atoms with Gasteiger partial charge in [0.15, 0.2) is 16.2 Å². The van der Waals surface area contributed by atoms with Gasteiger partial charge in [0, 0.05) is 43.2 Å². The van der Waals surface area contributed by atoms with E-state index in [1.807, 2.05) is 0 Å². The summed E-state index contributed by atoms with van der Waals surface area (Å²) in [5, 5.41) is 3.81. The number of carbonyl (C=O) groups excluding carboxylic acids is 3. The van der Waals surface area contributed by atoms with Crippen molar-refractivity contribution in [3.63, 3.8) is 0 Å². The first-order valence-corrected chi connectivity index (χ1v) is 15.5. The molecule has 5 rings (SSSR count). The third kappa shape index (κ3) is 5.08. The van der Waals surface area contributed by atoms with Crippen LogP contribution in [0.5, 0.6) is 5.75 Å². The standard InChI is InChI=1S/C29H28ClF3N4O8S/c1-15-24(16(2)45-34-15)46(41,42)37-21-11-10-17(30)12-20(21)28(26(37)39,19-8-6-7-9-23(19)43-5)36-14-18(44-27(40)29(31,32)33)13-22(36)25(38)35(3)4/h6-12,18,22H,13-14H2,1-5H3/t18-,22+,28?/m1/s1. The van der Waals surface area contributed by atoms with Crippen molar-refractivity contribution in [3.05, 3.63) is 70.1 Å². The van der Waals surface area contributed by atoms with Crippen LogP contribution in [0.1, 0.15) is 29.0 Å². The van der Waals surface area contributed by atoms with E-state index in [2.05, 4.69) is 5.16 Å². The summed E-state index contributed by atoms with van der Waals surface area (Å²) in [7, 11) is -0.662. The Kier molecular flexibility index (Phi) is 8.36. The lowest BCUT2D eigenvalue weighted by atomic mass is 9.80. The number of hydrogen-bond donors (Lipinski definition) is 0. The molecule has 0 saturated carbocycles. The van der Waals surface area contributed by atoms with Gasteiger partial charge in [0.25, 0.3) is 15.9 Å². The van der Waals surface area contributed by atoms with Gasteiger partial charge in [0.2, 0.25) is 5.91 Å². The molecule has 2 aliphatic rings. The number of fused-ring (bicyclic) bond motifs is 1. The molecule has 3 heterocycles. The number of alkyl halides is 3. The minimum atomic E-state index is -5.34. The summed E-state index contributed by atoms with van der Waals surface area (Å²) in [5.41, 5.74) is -2.39. The van der Waals surface area contributed by atoms with Gasteiger partial charge in [-0.05, 0) is 38.1 Å². The highest BCUT2D eigenvalue weighted by atomic mass is 35.5. The number of carbonyl (C=O) groups is 3. The summed E-state index contributed by atoms with van der Waals surface area (Å²) in [4.78, 5) is 42.9. The van der Waals surface area contributed by atoms with Gasteiger partial charge in [-0.15, -0.1) is 0 Å². The van der Waals surface area contributed by atoms with Gasteiger partial charge in [-0.25, -0.2) is 17.5 Å². The number of aryl methyl sites for hydroxylation is 2. The largest absolute Gasteiger partial charge is 0.496 e. The van der Waals surface area contributed by atoms with Crippen molar-refractivity contribution < 1.29 is 50.0 Å². The smallest absolute Gasteiger partial charge is 0.490 e. The van der Waals surface area contributed by atoms with E-state index in [0.29, 0.717) is 4.31 Å². The molecule has 1 aromatic heterocycles. The van der Waals surface area contributed by atoms with E-state index in [0.717, 1.165) is 4.90 Å². The van der Waals surface area contributed by atoms with Gasteiger partial charge in [0.05, 0.1) is 18.8 Å². The van der Waals surface area contributed by atoms with Crippen molar-refractivity contribution in [3.8, 4) is 5.75 Å². The van der Waals surface area contributed by atoms with Crippen molar-refractivity contribution in [2.75, 3.05) is 32.1 Å². The Bertz CT molecular complexity index is 1830. The molecule has 0 bridgehead atoms.